The van der Waals surface area contributed by atoms with Crippen molar-refractivity contribution >= 4 is 17.8 Å². The number of ketones is 1. The standard InChI is InChI=1S/C22H31NO5/c1-15(12-17-14-26-16(2)23-17)20-13-21-19(27-21)10-6-4-3-5-8-18(24)9-7-11-22(25)28-20/h12,14,19-21H,3-11,13H2,1-2H3. The SMILES string of the molecule is CC(=Cc1coc(C)n1)C1CC2OC2CCCCCCC(=O)CCCC(=O)O1. The lowest BCUT2D eigenvalue weighted by Crippen LogP contribution is -2.22. The molecule has 0 aromatic carbocycles. The van der Waals surface area contributed by atoms with E-state index in [1.165, 1.54) is 0 Å². The number of hydrogen-bond donors (Lipinski definition) is 0. The number of cyclic esters (lactones) is 1. The Morgan fingerprint density at radius 3 is 2.64 bits per heavy atom. The lowest BCUT2D eigenvalue weighted by molar-refractivity contribution is -0.147. The highest BCUT2D eigenvalue weighted by Gasteiger charge is 2.40. The molecule has 6 heteroatoms. The van der Waals surface area contributed by atoms with E-state index >= 15 is 0 Å². The quantitative estimate of drug-likeness (QED) is 0.545. The van der Waals surface area contributed by atoms with Gasteiger partial charge >= 0.3 is 5.97 Å². The smallest absolute Gasteiger partial charge is 0.306 e. The number of carbonyl (C=O) groups excluding carboxylic acids is 2. The number of aromatic nitrogens is 1. The van der Waals surface area contributed by atoms with Crippen LogP contribution in [0, 0.1) is 6.92 Å². The van der Waals surface area contributed by atoms with E-state index in [9.17, 15) is 9.59 Å². The first-order valence-electron chi connectivity index (χ1n) is 10.5. The molecular formula is C22H31NO5. The van der Waals surface area contributed by atoms with E-state index < -0.39 is 0 Å². The third-order valence-corrected chi connectivity index (χ3v) is 5.46. The van der Waals surface area contributed by atoms with Gasteiger partial charge in [0.1, 0.15) is 23.8 Å². The molecule has 0 N–H and O–H groups in total. The zero-order chi connectivity index (χ0) is 19.9. The molecule has 2 aliphatic rings. The summed E-state index contributed by atoms with van der Waals surface area (Å²) < 4.78 is 16.8. The summed E-state index contributed by atoms with van der Waals surface area (Å²) in [6.45, 7) is 3.74. The molecule has 3 rings (SSSR count). The van der Waals surface area contributed by atoms with Gasteiger partial charge in [-0.3, -0.25) is 9.59 Å². The van der Waals surface area contributed by atoms with Crippen molar-refractivity contribution in [2.24, 2.45) is 0 Å². The number of nitrogens with zero attached hydrogens (tertiary/aromatic N) is 1. The fraction of sp³-hybridized carbons (Fsp3) is 0.682. The van der Waals surface area contributed by atoms with Crippen LogP contribution in [0.15, 0.2) is 16.3 Å². The number of ether oxygens (including phenoxy) is 2. The summed E-state index contributed by atoms with van der Waals surface area (Å²) in [5.74, 6) is 0.593. The lowest BCUT2D eigenvalue weighted by Gasteiger charge is -2.18. The second kappa shape index (κ2) is 10.0. The van der Waals surface area contributed by atoms with Crippen molar-refractivity contribution in [2.45, 2.75) is 96.4 Å². The van der Waals surface area contributed by atoms with Crippen LogP contribution in [-0.2, 0) is 19.1 Å². The summed E-state index contributed by atoms with van der Waals surface area (Å²) >= 11 is 0. The summed E-state index contributed by atoms with van der Waals surface area (Å²) in [6, 6.07) is 0. The highest BCUT2D eigenvalue weighted by Crippen LogP contribution is 2.34. The van der Waals surface area contributed by atoms with E-state index in [2.05, 4.69) is 4.98 Å². The van der Waals surface area contributed by atoms with Gasteiger partial charge in [-0.25, -0.2) is 4.98 Å². The van der Waals surface area contributed by atoms with Gasteiger partial charge in [0.2, 0.25) is 0 Å². The maximum atomic E-state index is 12.3. The normalized spacial score (nSPS) is 28.5. The molecule has 0 bridgehead atoms. The molecule has 2 aliphatic heterocycles. The largest absolute Gasteiger partial charge is 0.458 e. The molecule has 0 spiro atoms. The van der Waals surface area contributed by atoms with Crippen molar-refractivity contribution in [3.8, 4) is 0 Å². The minimum atomic E-state index is -0.344. The molecule has 2 saturated heterocycles. The van der Waals surface area contributed by atoms with E-state index in [1.807, 2.05) is 13.0 Å². The van der Waals surface area contributed by atoms with Crippen molar-refractivity contribution in [2.75, 3.05) is 0 Å². The number of epoxide rings is 1. The molecule has 3 atom stereocenters. The van der Waals surface area contributed by atoms with Crippen LogP contribution < -0.4 is 0 Å². The first-order valence-corrected chi connectivity index (χ1v) is 10.5. The Bertz CT molecular complexity index is 708. The van der Waals surface area contributed by atoms with Crippen LogP contribution >= 0.6 is 0 Å². The Morgan fingerprint density at radius 1 is 1.07 bits per heavy atom. The van der Waals surface area contributed by atoms with Gasteiger partial charge in [0, 0.05) is 32.6 Å². The first-order chi connectivity index (χ1) is 13.5. The Balaban J connectivity index is 1.65. The van der Waals surface area contributed by atoms with Crippen LogP contribution in [0.4, 0.5) is 0 Å². The van der Waals surface area contributed by atoms with Gasteiger partial charge in [-0.15, -0.1) is 0 Å². The molecule has 6 nitrogen and oxygen atoms in total. The van der Waals surface area contributed by atoms with Gasteiger partial charge in [0.05, 0.1) is 12.2 Å². The lowest BCUT2D eigenvalue weighted by atomic mass is 10.0. The second-order valence-electron chi connectivity index (χ2n) is 7.95. The van der Waals surface area contributed by atoms with Crippen LogP contribution in [0.25, 0.3) is 6.08 Å². The molecule has 2 fully saturated rings. The maximum Gasteiger partial charge on any atom is 0.306 e. The molecule has 0 radical (unpaired) electrons. The molecule has 0 saturated carbocycles. The number of esters is 1. The number of rotatable bonds is 2. The predicted molar refractivity (Wildman–Crippen MR) is 105 cm³/mol. The maximum absolute atomic E-state index is 12.3. The summed E-state index contributed by atoms with van der Waals surface area (Å²) in [5.41, 5.74) is 1.64. The predicted octanol–water partition coefficient (Wildman–Crippen LogP) is 4.55. The molecule has 1 aromatic rings. The van der Waals surface area contributed by atoms with Crippen molar-refractivity contribution in [1.29, 1.82) is 0 Å². The van der Waals surface area contributed by atoms with E-state index in [4.69, 9.17) is 13.9 Å². The molecule has 3 unspecified atom stereocenters. The molecule has 28 heavy (non-hydrogen) atoms. The van der Waals surface area contributed by atoms with E-state index in [0.717, 1.165) is 43.4 Å². The highest BCUT2D eigenvalue weighted by molar-refractivity contribution is 5.79. The zero-order valence-electron chi connectivity index (χ0n) is 16.9. The van der Waals surface area contributed by atoms with Gasteiger partial charge in [-0.05, 0) is 37.8 Å². The van der Waals surface area contributed by atoms with E-state index in [0.29, 0.717) is 31.6 Å². The zero-order valence-corrected chi connectivity index (χ0v) is 16.9. The Labute approximate surface area is 166 Å². The van der Waals surface area contributed by atoms with Gasteiger partial charge in [-0.2, -0.15) is 0 Å². The van der Waals surface area contributed by atoms with E-state index in [-0.39, 0.29) is 36.5 Å². The summed E-state index contributed by atoms with van der Waals surface area (Å²) in [7, 11) is 0. The van der Waals surface area contributed by atoms with Crippen molar-refractivity contribution in [3.63, 3.8) is 0 Å². The summed E-state index contributed by atoms with van der Waals surface area (Å²) in [6.07, 6.45) is 11.5. The van der Waals surface area contributed by atoms with Crippen molar-refractivity contribution in [1.82, 2.24) is 4.98 Å². The van der Waals surface area contributed by atoms with Crippen LogP contribution in [0.1, 0.15) is 82.7 Å². The van der Waals surface area contributed by atoms with Crippen molar-refractivity contribution < 1.29 is 23.5 Å². The van der Waals surface area contributed by atoms with Crippen LogP contribution in [0.3, 0.4) is 0 Å². The highest BCUT2D eigenvalue weighted by atomic mass is 16.6. The number of aryl methyl sites for hydroxylation is 1. The Kier molecular flexibility index (Phi) is 7.43. The fourth-order valence-electron chi connectivity index (χ4n) is 3.74. The van der Waals surface area contributed by atoms with Gasteiger partial charge in [0.25, 0.3) is 0 Å². The van der Waals surface area contributed by atoms with Crippen LogP contribution in [0.2, 0.25) is 0 Å². The molecule has 1 aromatic heterocycles. The number of fused-ring (bicyclic) bond motifs is 1. The monoisotopic (exact) mass is 389 g/mol. The van der Waals surface area contributed by atoms with Crippen molar-refractivity contribution in [3.05, 3.63) is 23.4 Å². The topological polar surface area (TPSA) is 81.9 Å². The third-order valence-electron chi connectivity index (χ3n) is 5.46. The molecular weight excluding hydrogens is 358 g/mol. The first kappa shape index (κ1) is 20.8. The number of oxazole rings is 1. The molecule has 3 heterocycles. The number of Topliss-reactive ketones (excluding diaryl/α,β-unsaturated/α-hetero) is 1. The van der Waals surface area contributed by atoms with Gasteiger partial charge in [-0.1, -0.05) is 19.3 Å². The third kappa shape index (κ3) is 6.59. The summed E-state index contributed by atoms with van der Waals surface area (Å²) in [5, 5.41) is 0. The van der Waals surface area contributed by atoms with Crippen LogP contribution in [0.5, 0.6) is 0 Å². The van der Waals surface area contributed by atoms with Gasteiger partial charge in [0.15, 0.2) is 5.89 Å². The number of hydrogen-bond acceptors (Lipinski definition) is 6. The van der Waals surface area contributed by atoms with Gasteiger partial charge < -0.3 is 13.9 Å². The average molecular weight is 389 g/mol. The number of carbonyl (C=O) groups is 2. The summed E-state index contributed by atoms with van der Waals surface area (Å²) in [4.78, 5) is 28.6. The average Bonchev–Trinajstić information content (AvgIpc) is 3.25. The molecule has 0 amide bonds. The minimum absolute atomic E-state index is 0.148. The van der Waals surface area contributed by atoms with E-state index in [1.54, 1.807) is 13.2 Å². The van der Waals surface area contributed by atoms with Crippen LogP contribution in [-0.4, -0.2) is 35.0 Å². The Morgan fingerprint density at radius 2 is 1.86 bits per heavy atom. The fourth-order valence-corrected chi connectivity index (χ4v) is 3.74. The molecule has 154 valence electrons. The molecule has 0 aliphatic carbocycles. The Hall–Kier alpha value is -1.95. The minimum Gasteiger partial charge on any atom is -0.458 e. The second-order valence-corrected chi connectivity index (χ2v) is 7.95.